The SMILES string of the molecule is CC/C=C\C/C=C\C/C=C\C/C=C\C/C=C\C/C=C\CCC(=O)OC(CCCCCC/C=C\C/C=C\C/C=C\CCCCC)CC(=O)NC(CO)C(O)CCCCCCCCCCCCCCC. The van der Waals surface area contributed by atoms with E-state index in [0.29, 0.717) is 19.3 Å². The van der Waals surface area contributed by atoms with Gasteiger partial charge in [-0.1, -0.05) is 239 Å². The topological polar surface area (TPSA) is 95.9 Å². The third-order valence-electron chi connectivity index (χ3n) is 12.1. The molecule has 0 aliphatic rings. The van der Waals surface area contributed by atoms with Crippen molar-refractivity contribution in [2.45, 2.75) is 264 Å². The van der Waals surface area contributed by atoms with Crippen molar-refractivity contribution >= 4 is 11.9 Å². The molecule has 6 heteroatoms. The molecule has 0 fully saturated rings. The van der Waals surface area contributed by atoms with Crippen LogP contribution in [-0.2, 0) is 14.3 Å². The van der Waals surface area contributed by atoms with Crippen LogP contribution in [0, 0.1) is 0 Å². The Bertz CT molecular complexity index is 1380. The minimum absolute atomic E-state index is 0.0263. The molecule has 0 aromatic heterocycles. The van der Waals surface area contributed by atoms with Crippen LogP contribution >= 0.6 is 0 Å². The van der Waals surface area contributed by atoms with Crippen LogP contribution in [0.25, 0.3) is 0 Å². The highest BCUT2D eigenvalue weighted by Gasteiger charge is 2.24. The van der Waals surface area contributed by atoms with Gasteiger partial charge in [0.05, 0.1) is 25.2 Å². The minimum atomic E-state index is -0.814. The van der Waals surface area contributed by atoms with Crippen molar-refractivity contribution in [2.75, 3.05) is 6.61 Å². The van der Waals surface area contributed by atoms with Crippen LogP contribution in [0.15, 0.2) is 109 Å². The van der Waals surface area contributed by atoms with E-state index in [-0.39, 0.29) is 31.3 Å². The maximum absolute atomic E-state index is 13.3. The van der Waals surface area contributed by atoms with Gasteiger partial charge in [-0.3, -0.25) is 9.59 Å². The molecule has 1 amide bonds. The Hall–Kier alpha value is -3.48. The molecular weight excluding hydrogens is 839 g/mol. The largest absolute Gasteiger partial charge is 0.462 e. The lowest BCUT2D eigenvalue weighted by molar-refractivity contribution is -0.150. The number of amides is 1. The van der Waals surface area contributed by atoms with E-state index in [2.05, 4.69) is 129 Å². The Morgan fingerprint density at radius 2 is 0.794 bits per heavy atom. The van der Waals surface area contributed by atoms with Gasteiger partial charge in [-0.25, -0.2) is 0 Å². The Morgan fingerprint density at radius 1 is 0.441 bits per heavy atom. The fourth-order valence-corrected chi connectivity index (χ4v) is 7.87. The van der Waals surface area contributed by atoms with Gasteiger partial charge in [0.15, 0.2) is 0 Å². The van der Waals surface area contributed by atoms with Gasteiger partial charge >= 0.3 is 5.97 Å². The smallest absolute Gasteiger partial charge is 0.306 e. The second kappa shape index (κ2) is 54.5. The van der Waals surface area contributed by atoms with Crippen LogP contribution in [0.5, 0.6) is 0 Å². The fraction of sp³-hybridized carbons (Fsp3) is 0.677. The predicted molar refractivity (Wildman–Crippen MR) is 296 cm³/mol. The zero-order chi connectivity index (χ0) is 49.5. The van der Waals surface area contributed by atoms with Gasteiger partial charge in [0.25, 0.3) is 0 Å². The normalized spacial score (nSPS) is 14.0. The number of esters is 1. The molecule has 0 spiro atoms. The molecule has 0 aromatic carbocycles. The molecule has 3 unspecified atom stereocenters. The van der Waals surface area contributed by atoms with Crippen LogP contribution in [0.3, 0.4) is 0 Å². The van der Waals surface area contributed by atoms with Gasteiger partial charge in [-0.05, 0) is 103 Å². The zero-order valence-electron chi connectivity index (χ0n) is 44.2. The second-order valence-corrected chi connectivity index (χ2v) is 18.6. The quantitative estimate of drug-likeness (QED) is 0.0321. The third kappa shape index (κ3) is 49.0. The number of ether oxygens (including phenoxy) is 1. The second-order valence-electron chi connectivity index (χ2n) is 18.6. The zero-order valence-corrected chi connectivity index (χ0v) is 44.2. The van der Waals surface area contributed by atoms with E-state index in [1.807, 2.05) is 6.08 Å². The highest BCUT2D eigenvalue weighted by Crippen LogP contribution is 2.17. The van der Waals surface area contributed by atoms with E-state index in [1.165, 1.54) is 89.9 Å². The summed E-state index contributed by atoms with van der Waals surface area (Å²) >= 11 is 0. The average molecular weight is 945 g/mol. The molecule has 0 saturated heterocycles. The lowest BCUT2D eigenvalue weighted by Gasteiger charge is -2.24. The van der Waals surface area contributed by atoms with Crippen molar-refractivity contribution < 1.29 is 24.5 Å². The molecule has 0 heterocycles. The first-order valence-electron chi connectivity index (χ1n) is 28.1. The van der Waals surface area contributed by atoms with Gasteiger partial charge in [0.1, 0.15) is 6.10 Å². The molecule has 0 radical (unpaired) electrons. The molecule has 0 saturated carbocycles. The van der Waals surface area contributed by atoms with Crippen molar-refractivity contribution in [3.63, 3.8) is 0 Å². The van der Waals surface area contributed by atoms with E-state index in [1.54, 1.807) is 0 Å². The molecule has 0 aliphatic carbocycles. The van der Waals surface area contributed by atoms with Gasteiger partial charge in [-0.15, -0.1) is 0 Å². The maximum atomic E-state index is 13.3. The third-order valence-corrected chi connectivity index (χ3v) is 12.1. The molecule has 0 rings (SSSR count). The average Bonchev–Trinajstić information content (AvgIpc) is 3.33. The summed E-state index contributed by atoms with van der Waals surface area (Å²) in [4.78, 5) is 26.2. The van der Waals surface area contributed by atoms with Crippen molar-refractivity contribution in [3.05, 3.63) is 109 Å². The van der Waals surface area contributed by atoms with E-state index < -0.39 is 18.2 Å². The van der Waals surface area contributed by atoms with Gasteiger partial charge in [0, 0.05) is 6.42 Å². The first-order valence-corrected chi connectivity index (χ1v) is 28.1. The lowest BCUT2D eigenvalue weighted by Crippen LogP contribution is -2.46. The van der Waals surface area contributed by atoms with Crippen molar-refractivity contribution in [2.24, 2.45) is 0 Å². The standard InChI is InChI=1S/C62H105NO5/c1-4-7-10-13-16-19-22-25-27-29-30-32-34-37-40-43-46-49-52-55-62(67)68-58(53-50-47-44-41-38-36-33-31-28-26-23-20-17-14-11-8-5-2)56-61(66)63-59(57-64)60(65)54-51-48-45-42-39-35-24-21-18-15-12-9-6-3/h7,10,16-17,19-20,25-28,30,32-33,36-37,40,46,49,58-60,64-65H,4-6,8-9,11-15,18,21-24,29,31,34-35,38-39,41-45,47-48,50-57H2,1-3H3,(H,63,66)/b10-7-,19-16-,20-17-,27-25-,28-26-,32-30-,36-33-,40-37-,49-46-. The summed E-state index contributed by atoms with van der Waals surface area (Å²) in [6, 6.07) is -0.731. The minimum Gasteiger partial charge on any atom is -0.462 e. The molecule has 3 atom stereocenters. The van der Waals surface area contributed by atoms with E-state index in [9.17, 15) is 19.8 Å². The van der Waals surface area contributed by atoms with Crippen LogP contribution in [0.4, 0.5) is 0 Å². The van der Waals surface area contributed by atoms with Crippen molar-refractivity contribution in [1.29, 1.82) is 0 Å². The predicted octanol–water partition coefficient (Wildman–Crippen LogP) is 17.5. The molecule has 0 bridgehead atoms. The number of aliphatic hydroxyl groups is 2. The number of nitrogens with one attached hydrogen (secondary N) is 1. The number of hydrogen-bond acceptors (Lipinski definition) is 5. The van der Waals surface area contributed by atoms with E-state index in [0.717, 1.165) is 103 Å². The van der Waals surface area contributed by atoms with Gasteiger partial charge in [0.2, 0.25) is 5.91 Å². The van der Waals surface area contributed by atoms with Crippen molar-refractivity contribution in [3.8, 4) is 0 Å². The summed E-state index contributed by atoms with van der Waals surface area (Å²) in [5, 5.41) is 23.8. The summed E-state index contributed by atoms with van der Waals surface area (Å²) < 4.78 is 5.90. The first-order chi connectivity index (χ1) is 33.5. The molecular formula is C62H105NO5. The number of aliphatic hydroxyl groups excluding tert-OH is 2. The summed E-state index contributed by atoms with van der Waals surface area (Å²) in [5.41, 5.74) is 0. The number of hydrogen-bond donors (Lipinski definition) is 3. The molecule has 0 aliphatic heterocycles. The summed E-state index contributed by atoms with van der Waals surface area (Å²) in [7, 11) is 0. The first kappa shape index (κ1) is 64.5. The molecule has 3 N–H and O–H groups in total. The molecule has 0 aromatic rings. The molecule has 68 heavy (non-hydrogen) atoms. The number of rotatable bonds is 49. The van der Waals surface area contributed by atoms with Crippen LogP contribution in [0.1, 0.15) is 245 Å². The summed E-state index contributed by atoms with van der Waals surface area (Å²) in [5.74, 6) is -0.601. The Morgan fingerprint density at radius 3 is 1.24 bits per heavy atom. The van der Waals surface area contributed by atoms with Crippen LogP contribution < -0.4 is 5.32 Å². The highest BCUT2D eigenvalue weighted by atomic mass is 16.5. The van der Waals surface area contributed by atoms with Crippen LogP contribution in [-0.4, -0.2) is 46.9 Å². The summed E-state index contributed by atoms with van der Waals surface area (Å²) in [6.45, 7) is 6.32. The monoisotopic (exact) mass is 944 g/mol. The number of allylic oxidation sites excluding steroid dienone is 18. The van der Waals surface area contributed by atoms with E-state index in [4.69, 9.17) is 4.74 Å². The number of carbonyl (C=O) groups is 2. The number of unbranched alkanes of at least 4 members (excludes halogenated alkanes) is 19. The van der Waals surface area contributed by atoms with E-state index >= 15 is 0 Å². The molecule has 388 valence electrons. The van der Waals surface area contributed by atoms with Crippen molar-refractivity contribution in [1.82, 2.24) is 5.32 Å². The molecule has 6 nitrogen and oxygen atoms in total. The fourth-order valence-electron chi connectivity index (χ4n) is 7.87. The Labute approximate surface area is 419 Å². The lowest BCUT2D eigenvalue weighted by atomic mass is 10.0. The highest BCUT2D eigenvalue weighted by molar-refractivity contribution is 5.77. The van der Waals surface area contributed by atoms with Gasteiger partial charge in [-0.2, -0.15) is 0 Å². The van der Waals surface area contributed by atoms with Crippen LogP contribution in [0.2, 0.25) is 0 Å². The maximum Gasteiger partial charge on any atom is 0.306 e. The Kier molecular flexibility index (Phi) is 51.7. The van der Waals surface area contributed by atoms with Gasteiger partial charge < -0.3 is 20.3 Å². The summed E-state index contributed by atoms with van der Waals surface area (Å²) in [6.07, 6.45) is 74.4. The Balaban J connectivity index is 4.77. The number of carbonyl (C=O) groups excluding carboxylic acids is 2.